The SMILES string of the molecule is BC(B)(c1ccnc(-c2c(C)c(C#C)c(/C=C\C)c3oc4ncccc4c23)c1)C1CCCC1. The highest BCUT2D eigenvalue weighted by Crippen LogP contribution is 2.43. The Balaban J connectivity index is 1.83. The van der Waals surface area contributed by atoms with E-state index >= 15 is 0 Å². The summed E-state index contributed by atoms with van der Waals surface area (Å²) in [5.74, 6) is 3.63. The molecule has 0 amide bonds. The van der Waals surface area contributed by atoms with Crippen LogP contribution in [0.15, 0.2) is 47.2 Å². The van der Waals surface area contributed by atoms with E-state index in [0.717, 1.165) is 44.3 Å². The quantitative estimate of drug-likeness (QED) is 0.339. The van der Waals surface area contributed by atoms with Crippen molar-refractivity contribution >= 4 is 43.8 Å². The number of furan rings is 1. The van der Waals surface area contributed by atoms with Gasteiger partial charge in [-0.3, -0.25) is 4.98 Å². The minimum absolute atomic E-state index is 0.0983. The molecule has 0 aliphatic heterocycles. The maximum atomic E-state index is 6.29. The molecule has 1 saturated carbocycles. The average Bonchev–Trinajstić information content (AvgIpc) is 3.49. The number of nitrogens with zero attached hydrogens (tertiary/aromatic N) is 2. The fourth-order valence-electron chi connectivity index (χ4n) is 5.68. The zero-order valence-corrected chi connectivity index (χ0v) is 19.9. The fourth-order valence-corrected chi connectivity index (χ4v) is 5.68. The molecule has 0 atom stereocenters. The highest BCUT2D eigenvalue weighted by Gasteiger charge is 2.33. The van der Waals surface area contributed by atoms with Crippen molar-refractivity contribution in [3.05, 3.63) is 65.0 Å². The molecule has 162 valence electrons. The lowest BCUT2D eigenvalue weighted by atomic mass is 9.45. The maximum absolute atomic E-state index is 6.29. The maximum Gasteiger partial charge on any atom is 0.227 e. The van der Waals surface area contributed by atoms with Gasteiger partial charge in [-0.2, -0.15) is 0 Å². The lowest BCUT2D eigenvalue weighted by Crippen LogP contribution is -2.35. The highest BCUT2D eigenvalue weighted by atomic mass is 16.3. The largest absolute Gasteiger partial charge is 0.437 e. The van der Waals surface area contributed by atoms with Crippen LogP contribution in [0.4, 0.5) is 0 Å². The predicted octanol–water partition coefficient (Wildman–Crippen LogP) is 4.98. The number of hydrogen-bond acceptors (Lipinski definition) is 3. The Kier molecular flexibility index (Phi) is 5.41. The summed E-state index contributed by atoms with van der Waals surface area (Å²) < 4.78 is 6.29. The number of allylic oxidation sites excluding steroid dienone is 1. The molecule has 0 radical (unpaired) electrons. The molecule has 1 aliphatic rings. The van der Waals surface area contributed by atoms with Crippen molar-refractivity contribution in [3.8, 4) is 23.6 Å². The smallest absolute Gasteiger partial charge is 0.227 e. The first kappa shape index (κ1) is 21.6. The molecular weight excluding hydrogens is 402 g/mol. The molecule has 5 rings (SSSR count). The van der Waals surface area contributed by atoms with Crippen molar-refractivity contribution in [3.63, 3.8) is 0 Å². The van der Waals surface area contributed by atoms with Gasteiger partial charge >= 0.3 is 0 Å². The lowest BCUT2D eigenvalue weighted by Gasteiger charge is -2.33. The molecule has 1 aliphatic carbocycles. The summed E-state index contributed by atoms with van der Waals surface area (Å²) in [7, 11) is 4.76. The van der Waals surface area contributed by atoms with Gasteiger partial charge in [-0.15, -0.1) is 6.42 Å². The van der Waals surface area contributed by atoms with E-state index in [0.29, 0.717) is 11.6 Å². The number of benzene rings is 1. The van der Waals surface area contributed by atoms with Crippen molar-refractivity contribution in [2.45, 2.75) is 44.7 Å². The van der Waals surface area contributed by atoms with Crippen LogP contribution in [0, 0.1) is 25.2 Å². The summed E-state index contributed by atoms with van der Waals surface area (Å²) in [6.07, 6.45) is 19.0. The van der Waals surface area contributed by atoms with Gasteiger partial charge in [0.05, 0.1) is 5.69 Å². The van der Waals surface area contributed by atoms with Crippen LogP contribution in [0.3, 0.4) is 0 Å². The van der Waals surface area contributed by atoms with Crippen LogP contribution in [0.1, 0.15) is 54.9 Å². The lowest BCUT2D eigenvalue weighted by molar-refractivity contribution is 0.486. The zero-order chi connectivity index (χ0) is 23.2. The Labute approximate surface area is 197 Å². The molecule has 3 heterocycles. The van der Waals surface area contributed by atoms with Crippen molar-refractivity contribution in [2.24, 2.45) is 5.92 Å². The first-order chi connectivity index (χ1) is 16.0. The Bertz CT molecular complexity index is 1440. The molecule has 5 heteroatoms. The summed E-state index contributed by atoms with van der Waals surface area (Å²) in [5, 5.41) is 2.12. The van der Waals surface area contributed by atoms with Gasteiger partial charge in [0, 0.05) is 39.9 Å². The van der Waals surface area contributed by atoms with Crippen LogP contribution in [-0.4, -0.2) is 25.7 Å². The van der Waals surface area contributed by atoms with Gasteiger partial charge in [-0.1, -0.05) is 54.5 Å². The number of fused-ring (bicyclic) bond motifs is 3. The van der Waals surface area contributed by atoms with Gasteiger partial charge in [0.2, 0.25) is 5.71 Å². The minimum Gasteiger partial charge on any atom is -0.437 e. The Hall–Kier alpha value is -3.25. The molecule has 1 aromatic carbocycles. The molecule has 4 aromatic rings. The van der Waals surface area contributed by atoms with Gasteiger partial charge in [-0.25, -0.2) is 4.98 Å². The molecule has 0 bridgehead atoms. The summed E-state index contributed by atoms with van der Waals surface area (Å²) >= 11 is 0. The second-order valence-corrected chi connectivity index (χ2v) is 9.73. The van der Waals surface area contributed by atoms with Crippen molar-refractivity contribution in [1.29, 1.82) is 0 Å². The molecule has 0 spiro atoms. The third-order valence-corrected chi connectivity index (χ3v) is 7.59. The Morgan fingerprint density at radius 1 is 1.18 bits per heavy atom. The van der Waals surface area contributed by atoms with Crippen LogP contribution >= 0.6 is 0 Å². The first-order valence-corrected chi connectivity index (χ1v) is 11.9. The van der Waals surface area contributed by atoms with Crippen molar-refractivity contribution in [2.75, 3.05) is 0 Å². The van der Waals surface area contributed by atoms with Crippen molar-refractivity contribution in [1.82, 2.24) is 9.97 Å². The van der Waals surface area contributed by atoms with Crippen LogP contribution in [-0.2, 0) is 5.21 Å². The topological polar surface area (TPSA) is 38.9 Å². The average molecular weight is 430 g/mol. The van der Waals surface area contributed by atoms with Gasteiger partial charge in [-0.05, 0) is 49.6 Å². The van der Waals surface area contributed by atoms with E-state index in [2.05, 4.69) is 51.7 Å². The van der Waals surface area contributed by atoms with E-state index in [1.165, 1.54) is 31.2 Å². The number of rotatable bonds is 4. The van der Waals surface area contributed by atoms with E-state index in [4.69, 9.17) is 15.8 Å². The van der Waals surface area contributed by atoms with E-state index in [-0.39, 0.29) is 5.21 Å². The van der Waals surface area contributed by atoms with E-state index in [1.807, 2.05) is 31.3 Å². The molecule has 0 unspecified atom stereocenters. The van der Waals surface area contributed by atoms with Crippen LogP contribution in [0.2, 0.25) is 0 Å². The highest BCUT2D eigenvalue weighted by molar-refractivity contribution is 6.40. The third kappa shape index (κ3) is 3.40. The second-order valence-electron chi connectivity index (χ2n) is 9.73. The van der Waals surface area contributed by atoms with Crippen LogP contribution < -0.4 is 0 Å². The van der Waals surface area contributed by atoms with Gasteiger partial charge < -0.3 is 4.42 Å². The Morgan fingerprint density at radius 2 is 1.97 bits per heavy atom. The molecule has 3 aromatic heterocycles. The number of pyridine rings is 2. The summed E-state index contributed by atoms with van der Waals surface area (Å²) in [6.45, 7) is 4.09. The van der Waals surface area contributed by atoms with E-state index in [9.17, 15) is 0 Å². The number of hydrogen-bond donors (Lipinski definition) is 0. The number of terminal acetylenes is 1. The van der Waals surface area contributed by atoms with E-state index in [1.54, 1.807) is 6.20 Å². The van der Waals surface area contributed by atoms with E-state index < -0.39 is 0 Å². The standard InChI is InChI=1S/C28H28B2N2O/c1-4-9-21-20(5-2)17(3)24(25-22-12-8-14-32-27(22)33-26(21)25)23-16-19(13-15-31-23)28(29,30)18-10-6-7-11-18/h2,4,8-9,12-16,18H,6-7,10-11,29-30H2,1,3H3/b9-4-. The zero-order valence-electron chi connectivity index (χ0n) is 19.9. The fraction of sp³-hybridized carbons (Fsp3) is 0.286. The molecule has 33 heavy (non-hydrogen) atoms. The predicted molar refractivity (Wildman–Crippen MR) is 143 cm³/mol. The molecule has 0 saturated heterocycles. The molecule has 1 fully saturated rings. The molecule has 3 nitrogen and oxygen atoms in total. The van der Waals surface area contributed by atoms with Crippen molar-refractivity contribution < 1.29 is 4.42 Å². The first-order valence-electron chi connectivity index (χ1n) is 11.9. The summed E-state index contributed by atoms with van der Waals surface area (Å²) in [6, 6.07) is 8.47. The summed E-state index contributed by atoms with van der Waals surface area (Å²) in [5.41, 5.74) is 7.53. The normalized spacial score (nSPS) is 15.1. The van der Waals surface area contributed by atoms with Gasteiger partial charge in [0.25, 0.3) is 0 Å². The van der Waals surface area contributed by atoms with Crippen LogP contribution in [0.25, 0.3) is 39.4 Å². The minimum atomic E-state index is 0.0983. The number of aromatic nitrogens is 2. The molecular formula is C28H28B2N2O. The summed E-state index contributed by atoms with van der Waals surface area (Å²) in [4.78, 5) is 9.34. The monoisotopic (exact) mass is 430 g/mol. The Morgan fingerprint density at radius 3 is 2.70 bits per heavy atom. The second kappa shape index (κ2) is 8.27. The van der Waals surface area contributed by atoms with Gasteiger partial charge in [0.1, 0.15) is 21.3 Å². The third-order valence-electron chi connectivity index (χ3n) is 7.59. The van der Waals surface area contributed by atoms with Gasteiger partial charge in [0.15, 0.2) is 0 Å². The van der Waals surface area contributed by atoms with Crippen LogP contribution in [0.5, 0.6) is 0 Å². The molecule has 0 N–H and O–H groups in total.